The van der Waals surface area contributed by atoms with Crippen LogP contribution in [0.25, 0.3) is 6.08 Å². The molecule has 2 heterocycles. The van der Waals surface area contributed by atoms with Gasteiger partial charge in [0.1, 0.15) is 0 Å². The van der Waals surface area contributed by atoms with Crippen molar-refractivity contribution in [3.63, 3.8) is 0 Å². The lowest BCUT2D eigenvalue weighted by atomic mass is 9.79. The molecule has 1 saturated heterocycles. The SMILES string of the molecule is CCCN1C(=O)S/C(=C\c2cc3c(cc2C)N(C)C(C)(C)C[C@H]3C)C1=O. The summed E-state index contributed by atoms with van der Waals surface area (Å²) >= 11 is 1.05. The van der Waals surface area contributed by atoms with Crippen molar-refractivity contribution in [2.45, 2.75) is 58.9 Å². The average Bonchev–Trinajstić information content (AvgIpc) is 2.82. The Hall–Kier alpha value is -1.75. The predicted octanol–water partition coefficient (Wildman–Crippen LogP) is 5.16. The number of hydrogen-bond acceptors (Lipinski definition) is 4. The number of imide groups is 1. The van der Waals surface area contributed by atoms with E-state index in [1.807, 2.05) is 13.0 Å². The number of thioether (sulfide) groups is 1. The van der Waals surface area contributed by atoms with Gasteiger partial charge in [-0.25, -0.2) is 0 Å². The summed E-state index contributed by atoms with van der Waals surface area (Å²) in [6.45, 7) is 11.4. The van der Waals surface area contributed by atoms with Gasteiger partial charge in [0.2, 0.25) is 0 Å². The van der Waals surface area contributed by atoms with E-state index >= 15 is 0 Å². The second-order valence-corrected chi connectivity index (χ2v) is 9.07. The Morgan fingerprint density at radius 2 is 2.00 bits per heavy atom. The lowest BCUT2D eigenvalue weighted by Gasteiger charge is -2.45. The highest BCUT2D eigenvalue weighted by Crippen LogP contribution is 2.44. The van der Waals surface area contributed by atoms with E-state index in [-0.39, 0.29) is 16.7 Å². The minimum Gasteiger partial charge on any atom is -0.369 e. The van der Waals surface area contributed by atoms with E-state index in [1.54, 1.807) is 0 Å². The summed E-state index contributed by atoms with van der Waals surface area (Å²) in [4.78, 5) is 28.8. The number of benzene rings is 1. The van der Waals surface area contributed by atoms with Crippen LogP contribution in [0.5, 0.6) is 0 Å². The fraction of sp³-hybridized carbons (Fsp3) is 0.524. The maximum absolute atomic E-state index is 12.5. The Morgan fingerprint density at radius 1 is 1.31 bits per heavy atom. The topological polar surface area (TPSA) is 40.6 Å². The first kappa shape index (κ1) is 19.0. The molecule has 0 aliphatic carbocycles. The van der Waals surface area contributed by atoms with E-state index in [0.717, 1.165) is 35.7 Å². The van der Waals surface area contributed by atoms with Gasteiger partial charge >= 0.3 is 0 Å². The van der Waals surface area contributed by atoms with Gasteiger partial charge < -0.3 is 4.90 Å². The van der Waals surface area contributed by atoms with Crippen LogP contribution in [0.15, 0.2) is 17.0 Å². The van der Waals surface area contributed by atoms with Gasteiger partial charge in [0.05, 0.1) is 4.91 Å². The molecule has 3 rings (SSSR count). The van der Waals surface area contributed by atoms with E-state index in [2.05, 4.69) is 51.8 Å². The van der Waals surface area contributed by atoms with Crippen LogP contribution in [0.1, 0.15) is 63.1 Å². The van der Waals surface area contributed by atoms with E-state index in [9.17, 15) is 9.59 Å². The number of anilines is 1. The van der Waals surface area contributed by atoms with Crippen molar-refractivity contribution >= 4 is 34.7 Å². The summed E-state index contributed by atoms with van der Waals surface area (Å²) in [7, 11) is 2.15. The molecule has 140 valence electrons. The van der Waals surface area contributed by atoms with Crippen LogP contribution >= 0.6 is 11.8 Å². The lowest BCUT2D eigenvalue weighted by molar-refractivity contribution is -0.122. The van der Waals surface area contributed by atoms with Crippen molar-refractivity contribution in [2.24, 2.45) is 0 Å². The molecular formula is C21H28N2O2S. The first-order valence-electron chi connectivity index (χ1n) is 9.29. The van der Waals surface area contributed by atoms with E-state index in [1.165, 1.54) is 16.2 Å². The third kappa shape index (κ3) is 3.18. The van der Waals surface area contributed by atoms with Crippen LogP contribution in [0.3, 0.4) is 0 Å². The maximum atomic E-state index is 12.5. The molecule has 1 fully saturated rings. The van der Waals surface area contributed by atoms with Crippen LogP contribution in [0.4, 0.5) is 10.5 Å². The highest BCUT2D eigenvalue weighted by atomic mass is 32.2. The van der Waals surface area contributed by atoms with Crippen molar-refractivity contribution in [1.82, 2.24) is 4.90 Å². The molecule has 2 aliphatic heterocycles. The van der Waals surface area contributed by atoms with Gasteiger partial charge in [-0.05, 0) is 86.2 Å². The summed E-state index contributed by atoms with van der Waals surface area (Å²) in [5.41, 5.74) is 4.87. The minimum absolute atomic E-state index is 0.128. The van der Waals surface area contributed by atoms with Gasteiger partial charge in [-0.1, -0.05) is 13.8 Å². The molecule has 1 aromatic carbocycles. The zero-order valence-electron chi connectivity index (χ0n) is 16.5. The fourth-order valence-corrected chi connectivity index (χ4v) is 4.80. The van der Waals surface area contributed by atoms with Crippen LogP contribution in [0.2, 0.25) is 0 Å². The standard InChI is InChI=1S/C21H28N2O2S/c1-7-8-23-19(24)18(26-20(23)25)11-15-10-16-14(3)12-21(4,5)22(6)17(16)9-13(15)2/h9-11,14H,7-8,12H2,1-6H3/b18-11-/t14-/m1/s1. The molecule has 0 unspecified atom stereocenters. The summed E-state index contributed by atoms with van der Waals surface area (Å²) in [5.74, 6) is 0.296. The lowest BCUT2D eigenvalue weighted by Crippen LogP contribution is -2.45. The van der Waals surface area contributed by atoms with E-state index in [0.29, 0.717) is 17.4 Å². The van der Waals surface area contributed by atoms with Crippen molar-refractivity contribution in [2.75, 3.05) is 18.5 Å². The fourth-order valence-electron chi connectivity index (χ4n) is 3.95. The molecule has 0 aromatic heterocycles. The van der Waals surface area contributed by atoms with Crippen molar-refractivity contribution in [3.8, 4) is 0 Å². The number of hydrogen-bond donors (Lipinski definition) is 0. The van der Waals surface area contributed by atoms with Crippen LogP contribution < -0.4 is 4.90 Å². The van der Waals surface area contributed by atoms with Gasteiger partial charge in [-0.15, -0.1) is 0 Å². The van der Waals surface area contributed by atoms with Crippen LogP contribution in [-0.2, 0) is 4.79 Å². The first-order valence-corrected chi connectivity index (χ1v) is 10.1. The molecule has 4 nitrogen and oxygen atoms in total. The Labute approximate surface area is 160 Å². The van der Waals surface area contributed by atoms with E-state index in [4.69, 9.17) is 0 Å². The number of fused-ring (bicyclic) bond motifs is 1. The number of amides is 2. The zero-order chi connectivity index (χ0) is 19.2. The van der Waals surface area contributed by atoms with Gasteiger partial charge in [0.25, 0.3) is 11.1 Å². The first-order chi connectivity index (χ1) is 12.2. The summed E-state index contributed by atoms with van der Waals surface area (Å²) in [6, 6.07) is 4.42. The van der Waals surface area contributed by atoms with Gasteiger partial charge in [0.15, 0.2) is 0 Å². The maximum Gasteiger partial charge on any atom is 0.293 e. The number of nitrogens with zero attached hydrogens (tertiary/aromatic N) is 2. The molecular weight excluding hydrogens is 344 g/mol. The van der Waals surface area contributed by atoms with Crippen molar-refractivity contribution < 1.29 is 9.59 Å². The molecule has 0 saturated carbocycles. The quantitative estimate of drug-likeness (QED) is 0.687. The van der Waals surface area contributed by atoms with E-state index < -0.39 is 0 Å². The van der Waals surface area contributed by atoms with Gasteiger partial charge in [-0.2, -0.15) is 0 Å². The smallest absolute Gasteiger partial charge is 0.293 e. The van der Waals surface area contributed by atoms with Crippen molar-refractivity contribution in [3.05, 3.63) is 33.7 Å². The van der Waals surface area contributed by atoms with Crippen LogP contribution in [0, 0.1) is 6.92 Å². The third-order valence-corrected chi connectivity index (χ3v) is 6.54. The number of carbonyl (C=O) groups is 2. The van der Waals surface area contributed by atoms with Crippen molar-refractivity contribution in [1.29, 1.82) is 0 Å². The molecule has 1 atom stereocenters. The monoisotopic (exact) mass is 372 g/mol. The second-order valence-electron chi connectivity index (χ2n) is 8.08. The number of carbonyl (C=O) groups excluding carboxylic acids is 2. The number of aryl methyl sites for hydroxylation is 1. The molecule has 2 amide bonds. The Kier molecular flexibility index (Phi) is 4.95. The Balaban J connectivity index is 2.00. The molecule has 0 N–H and O–H groups in total. The highest BCUT2D eigenvalue weighted by Gasteiger charge is 2.36. The summed E-state index contributed by atoms with van der Waals surface area (Å²) in [5, 5.41) is -0.159. The zero-order valence-corrected chi connectivity index (χ0v) is 17.4. The second kappa shape index (κ2) is 6.76. The number of rotatable bonds is 3. The molecule has 1 aromatic rings. The molecule has 0 radical (unpaired) electrons. The molecule has 0 spiro atoms. The Morgan fingerprint density at radius 3 is 2.65 bits per heavy atom. The summed E-state index contributed by atoms with van der Waals surface area (Å²) < 4.78 is 0. The molecule has 2 aliphatic rings. The molecule has 0 bridgehead atoms. The highest BCUT2D eigenvalue weighted by molar-refractivity contribution is 8.18. The average molecular weight is 373 g/mol. The van der Waals surface area contributed by atoms with Crippen LogP contribution in [-0.4, -0.2) is 35.2 Å². The summed E-state index contributed by atoms with van der Waals surface area (Å²) in [6.07, 6.45) is 3.76. The molecule has 5 heteroatoms. The Bertz CT molecular complexity index is 797. The van der Waals surface area contributed by atoms with Gasteiger partial charge in [-0.3, -0.25) is 14.5 Å². The third-order valence-electron chi connectivity index (χ3n) is 5.63. The predicted molar refractivity (Wildman–Crippen MR) is 110 cm³/mol. The van der Waals surface area contributed by atoms with Gasteiger partial charge in [0, 0.05) is 24.8 Å². The normalized spacial score (nSPS) is 23.8. The minimum atomic E-state index is -0.162. The largest absolute Gasteiger partial charge is 0.369 e. The molecule has 26 heavy (non-hydrogen) atoms.